The number of rotatable bonds is 5. The molecule has 2 aromatic rings. The molecule has 1 N–H and O–H groups in total. The van der Waals surface area contributed by atoms with Crippen LogP contribution in [0.25, 0.3) is 0 Å². The van der Waals surface area contributed by atoms with Crippen LogP contribution < -0.4 is 19.7 Å². The molecule has 7 heteroatoms. The minimum absolute atomic E-state index is 0.258. The number of hydrogen-bond acceptors (Lipinski definition) is 6. The first-order chi connectivity index (χ1) is 12.5. The number of benzene rings is 1. The molecule has 1 aliphatic rings. The number of aromatic nitrogens is 2. The highest BCUT2D eigenvalue weighted by molar-refractivity contribution is 6.05. The number of carbonyl (C=O) groups is 1. The van der Waals surface area contributed by atoms with Crippen LogP contribution in [0, 0.1) is 13.8 Å². The molecule has 0 atom stereocenters. The van der Waals surface area contributed by atoms with Crippen LogP contribution in [0.2, 0.25) is 0 Å². The van der Waals surface area contributed by atoms with E-state index in [2.05, 4.69) is 20.2 Å². The van der Waals surface area contributed by atoms with E-state index < -0.39 is 0 Å². The van der Waals surface area contributed by atoms with E-state index in [4.69, 9.17) is 9.47 Å². The van der Waals surface area contributed by atoms with Gasteiger partial charge in [0.2, 0.25) is 5.95 Å². The van der Waals surface area contributed by atoms with Gasteiger partial charge >= 0.3 is 0 Å². The van der Waals surface area contributed by atoms with Crippen molar-refractivity contribution in [1.29, 1.82) is 0 Å². The lowest BCUT2D eigenvalue weighted by molar-refractivity contribution is 0.102. The summed E-state index contributed by atoms with van der Waals surface area (Å²) in [6, 6.07) is 5.06. The fourth-order valence-corrected chi connectivity index (χ4v) is 3.06. The first-order valence-corrected chi connectivity index (χ1v) is 8.66. The average molecular weight is 356 g/mol. The summed E-state index contributed by atoms with van der Waals surface area (Å²) >= 11 is 0. The second-order valence-electron chi connectivity index (χ2n) is 6.32. The third kappa shape index (κ3) is 3.71. The van der Waals surface area contributed by atoms with E-state index in [1.165, 1.54) is 0 Å². The second-order valence-corrected chi connectivity index (χ2v) is 6.32. The van der Waals surface area contributed by atoms with Gasteiger partial charge in [0, 0.05) is 24.7 Å². The van der Waals surface area contributed by atoms with Gasteiger partial charge in [-0.3, -0.25) is 4.79 Å². The number of nitrogens with one attached hydrogen (secondary N) is 1. The molecule has 3 rings (SSSR count). The molecule has 0 spiro atoms. The number of hydrogen-bond donors (Lipinski definition) is 1. The van der Waals surface area contributed by atoms with Crippen LogP contribution in [-0.2, 0) is 0 Å². The van der Waals surface area contributed by atoms with Crippen molar-refractivity contribution in [2.45, 2.75) is 26.7 Å². The van der Waals surface area contributed by atoms with Crippen molar-refractivity contribution < 1.29 is 14.3 Å². The molecule has 0 saturated carbocycles. The molecule has 26 heavy (non-hydrogen) atoms. The number of carbonyl (C=O) groups excluding carboxylic acids is 1. The Morgan fingerprint density at radius 3 is 2.04 bits per heavy atom. The van der Waals surface area contributed by atoms with E-state index in [1.54, 1.807) is 32.4 Å². The molecular formula is C19H24N4O3. The summed E-state index contributed by atoms with van der Waals surface area (Å²) in [6.45, 7) is 5.73. The fourth-order valence-electron chi connectivity index (χ4n) is 3.06. The molecule has 1 aliphatic heterocycles. The SMILES string of the molecule is COc1cc(OC)cc(C(=O)Nc2c(C)nc(N3CCCC3)nc2C)c1. The third-order valence-corrected chi connectivity index (χ3v) is 4.50. The highest BCUT2D eigenvalue weighted by Crippen LogP contribution is 2.26. The molecule has 0 unspecified atom stereocenters. The van der Waals surface area contributed by atoms with Gasteiger partial charge in [-0.25, -0.2) is 9.97 Å². The summed E-state index contributed by atoms with van der Waals surface area (Å²) in [5.41, 5.74) is 2.59. The monoisotopic (exact) mass is 356 g/mol. The van der Waals surface area contributed by atoms with E-state index in [9.17, 15) is 4.79 Å². The summed E-state index contributed by atoms with van der Waals surface area (Å²) in [7, 11) is 3.10. The number of methoxy groups -OCH3 is 2. The lowest BCUT2D eigenvalue weighted by Gasteiger charge is -2.18. The molecule has 1 fully saturated rings. The lowest BCUT2D eigenvalue weighted by Crippen LogP contribution is -2.22. The molecular weight excluding hydrogens is 332 g/mol. The largest absolute Gasteiger partial charge is 0.497 e. The zero-order valence-electron chi connectivity index (χ0n) is 15.6. The second kappa shape index (κ2) is 7.59. The van der Waals surface area contributed by atoms with E-state index >= 15 is 0 Å². The van der Waals surface area contributed by atoms with Crippen LogP contribution in [0.4, 0.5) is 11.6 Å². The number of ether oxygens (including phenoxy) is 2. The Bertz CT molecular complexity index is 771. The maximum Gasteiger partial charge on any atom is 0.256 e. The Hall–Kier alpha value is -2.83. The van der Waals surface area contributed by atoms with E-state index in [0.717, 1.165) is 43.3 Å². The van der Waals surface area contributed by atoms with Crippen LogP contribution in [0.3, 0.4) is 0 Å². The Morgan fingerprint density at radius 2 is 1.54 bits per heavy atom. The molecule has 1 aromatic carbocycles. The summed E-state index contributed by atoms with van der Waals surface area (Å²) in [6.07, 6.45) is 2.33. The fraction of sp³-hybridized carbons (Fsp3) is 0.421. The van der Waals surface area contributed by atoms with Gasteiger partial charge < -0.3 is 19.7 Å². The predicted molar refractivity (Wildman–Crippen MR) is 100 cm³/mol. The highest BCUT2D eigenvalue weighted by atomic mass is 16.5. The maximum absolute atomic E-state index is 12.7. The normalized spacial score (nSPS) is 13.6. The van der Waals surface area contributed by atoms with Crippen LogP contribution in [0.5, 0.6) is 11.5 Å². The van der Waals surface area contributed by atoms with E-state index in [-0.39, 0.29) is 5.91 Å². The van der Waals surface area contributed by atoms with Crippen molar-refractivity contribution >= 4 is 17.5 Å². The predicted octanol–water partition coefficient (Wildman–Crippen LogP) is 2.96. The number of amides is 1. The Balaban J connectivity index is 1.85. The molecule has 0 bridgehead atoms. The molecule has 1 aromatic heterocycles. The molecule has 1 saturated heterocycles. The van der Waals surface area contributed by atoms with Crippen molar-refractivity contribution in [2.24, 2.45) is 0 Å². The smallest absolute Gasteiger partial charge is 0.256 e. The summed E-state index contributed by atoms with van der Waals surface area (Å²) in [4.78, 5) is 24.0. The van der Waals surface area contributed by atoms with Crippen molar-refractivity contribution in [3.8, 4) is 11.5 Å². The Kier molecular flexibility index (Phi) is 5.25. The van der Waals surface area contributed by atoms with E-state index in [0.29, 0.717) is 22.7 Å². The van der Waals surface area contributed by atoms with Crippen molar-refractivity contribution in [1.82, 2.24) is 9.97 Å². The minimum atomic E-state index is -0.258. The van der Waals surface area contributed by atoms with Crippen molar-refractivity contribution in [2.75, 3.05) is 37.5 Å². The first kappa shape index (κ1) is 18.0. The summed E-state index contributed by atoms with van der Waals surface area (Å²) in [5, 5.41) is 2.92. The molecule has 138 valence electrons. The van der Waals surface area contributed by atoms with Gasteiger partial charge in [-0.1, -0.05) is 0 Å². The maximum atomic E-state index is 12.7. The van der Waals surface area contributed by atoms with Crippen LogP contribution in [0.15, 0.2) is 18.2 Å². The molecule has 1 amide bonds. The Labute approximate surface area is 153 Å². The van der Waals surface area contributed by atoms with Gasteiger partial charge in [-0.2, -0.15) is 0 Å². The zero-order chi connectivity index (χ0) is 18.7. The van der Waals surface area contributed by atoms with Gasteiger partial charge in [-0.05, 0) is 38.8 Å². The lowest BCUT2D eigenvalue weighted by atomic mass is 10.1. The Morgan fingerprint density at radius 1 is 1.00 bits per heavy atom. The van der Waals surface area contributed by atoms with Gasteiger partial charge in [0.25, 0.3) is 5.91 Å². The minimum Gasteiger partial charge on any atom is -0.497 e. The van der Waals surface area contributed by atoms with Crippen molar-refractivity contribution in [3.63, 3.8) is 0 Å². The summed E-state index contributed by atoms with van der Waals surface area (Å²) in [5.74, 6) is 1.59. The quantitative estimate of drug-likeness (QED) is 0.888. The zero-order valence-corrected chi connectivity index (χ0v) is 15.6. The van der Waals surface area contributed by atoms with E-state index in [1.807, 2.05) is 13.8 Å². The topological polar surface area (TPSA) is 76.6 Å². The number of nitrogens with zero attached hydrogens (tertiary/aromatic N) is 3. The van der Waals surface area contributed by atoms with Crippen molar-refractivity contribution in [3.05, 3.63) is 35.2 Å². The third-order valence-electron chi connectivity index (χ3n) is 4.50. The van der Waals surface area contributed by atoms with Crippen LogP contribution >= 0.6 is 0 Å². The van der Waals surface area contributed by atoms with Gasteiger partial charge in [0.15, 0.2) is 0 Å². The number of aryl methyl sites for hydroxylation is 2. The summed E-state index contributed by atoms with van der Waals surface area (Å²) < 4.78 is 10.5. The highest BCUT2D eigenvalue weighted by Gasteiger charge is 2.19. The number of anilines is 2. The standard InChI is InChI=1S/C19H24N4O3/c1-12-17(13(2)21-19(20-12)23-7-5-6-8-23)22-18(24)14-9-15(25-3)11-16(10-14)26-4/h9-11H,5-8H2,1-4H3,(H,22,24). The van der Waals surface area contributed by atoms with Crippen LogP contribution in [-0.4, -0.2) is 43.2 Å². The molecule has 2 heterocycles. The van der Waals surface area contributed by atoms with Crippen LogP contribution in [0.1, 0.15) is 34.6 Å². The van der Waals surface area contributed by atoms with Gasteiger partial charge in [-0.15, -0.1) is 0 Å². The first-order valence-electron chi connectivity index (χ1n) is 8.66. The van der Waals surface area contributed by atoms with Gasteiger partial charge in [0.1, 0.15) is 11.5 Å². The van der Waals surface area contributed by atoms with Gasteiger partial charge in [0.05, 0.1) is 31.3 Å². The molecule has 0 radical (unpaired) electrons. The molecule has 0 aliphatic carbocycles. The average Bonchev–Trinajstić information content (AvgIpc) is 3.18. The molecule has 7 nitrogen and oxygen atoms in total.